The highest BCUT2D eigenvalue weighted by molar-refractivity contribution is 5.85. The van der Waals surface area contributed by atoms with Crippen molar-refractivity contribution in [2.24, 2.45) is 0 Å². The molecule has 0 aromatic heterocycles. The van der Waals surface area contributed by atoms with E-state index in [9.17, 15) is 0 Å². The molecule has 0 saturated carbocycles. The Hall–Kier alpha value is -1.67. The second-order valence-electron chi connectivity index (χ2n) is 4.29. The van der Waals surface area contributed by atoms with Gasteiger partial charge in [0.05, 0.1) is 6.42 Å². The average molecular weight is 212 g/mol. The van der Waals surface area contributed by atoms with Crippen LogP contribution in [-0.4, -0.2) is 18.9 Å². The maximum Gasteiger partial charge on any atom is 0.279 e. The first-order chi connectivity index (χ1) is 7.93. The molecule has 0 fully saturated rings. The molecule has 3 N–H and O–H groups in total. The van der Waals surface area contributed by atoms with Crippen LogP contribution in [0.3, 0.4) is 0 Å². The Bertz CT molecular complexity index is 526. The molecule has 1 aliphatic heterocycles. The Morgan fingerprint density at radius 1 is 1.12 bits per heavy atom. The molecule has 2 aromatic carbocycles. The molecule has 1 aliphatic rings. The number of fused-ring (bicyclic) bond motifs is 1. The number of nitrogens with one attached hydrogen (secondary N) is 1. The Kier molecular flexibility index (Phi) is 2.43. The fourth-order valence-electron chi connectivity index (χ4n) is 2.37. The standard InChI is InChI=1S/C14H14N2/c1-2-7-13-11(4-1)5-3-6-12(13)10-14-15-8-9-16-14/h1-8,14,16H,9-10H2/p+2/t14-/m1/s1. The molecular weight excluding hydrogens is 196 g/mol. The van der Waals surface area contributed by atoms with E-state index in [4.69, 9.17) is 0 Å². The fourth-order valence-corrected chi connectivity index (χ4v) is 2.37. The summed E-state index contributed by atoms with van der Waals surface area (Å²) in [7, 11) is 0. The van der Waals surface area contributed by atoms with Crippen molar-refractivity contribution >= 4 is 17.0 Å². The zero-order valence-corrected chi connectivity index (χ0v) is 9.19. The molecule has 16 heavy (non-hydrogen) atoms. The lowest BCUT2D eigenvalue weighted by molar-refractivity contribution is -0.799. The van der Waals surface area contributed by atoms with Crippen molar-refractivity contribution in [2.75, 3.05) is 6.54 Å². The summed E-state index contributed by atoms with van der Waals surface area (Å²) in [5, 5.41) is 5.05. The summed E-state index contributed by atoms with van der Waals surface area (Å²) in [6.07, 6.45) is 3.72. The zero-order valence-electron chi connectivity index (χ0n) is 9.19. The van der Waals surface area contributed by atoms with Gasteiger partial charge in [0.25, 0.3) is 6.17 Å². The van der Waals surface area contributed by atoms with E-state index in [1.165, 1.54) is 16.3 Å². The molecular formula is C14H16N2+2. The van der Waals surface area contributed by atoms with E-state index >= 15 is 0 Å². The van der Waals surface area contributed by atoms with Gasteiger partial charge >= 0.3 is 0 Å². The summed E-state index contributed by atoms with van der Waals surface area (Å²) >= 11 is 0. The van der Waals surface area contributed by atoms with Gasteiger partial charge in [0.1, 0.15) is 0 Å². The van der Waals surface area contributed by atoms with Crippen LogP contribution in [-0.2, 0) is 6.42 Å². The zero-order chi connectivity index (χ0) is 10.8. The lowest BCUT2D eigenvalue weighted by Crippen LogP contribution is -3.00. The summed E-state index contributed by atoms with van der Waals surface area (Å²) in [5.74, 6) is 0. The van der Waals surface area contributed by atoms with E-state index in [1.807, 2.05) is 0 Å². The van der Waals surface area contributed by atoms with Gasteiger partial charge in [-0.05, 0) is 16.3 Å². The molecule has 0 saturated heterocycles. The minimum atomic E-state index is 0.505. The summed E-state index contributed by atoms with van der Waals surface area (Å²) in [6, 6.07) is 15.2. The number of quaternary nitrogens is 1. The minimum absolute atomic E-state index is 0.505. The average Bonchev–Trinajstić information content (AvgIpc) is 2.82. The molecule has 1 heterocycles. The summed E-state index contributed by atoms with van der Waals surface area (Å²) in [6.45, 7) is 1.08. The molecule has 0 bridgehead atoms. The normalized spacial score (nSPS) is 19.4. The van der Waals surface area contributed by atoms with Crippen molar-refractivity contribution in [3.8, 4) is 0 Å². The van der Waals surface area contributed by atoms with E-state index in [1.54, 1.807) is 0 Å². The van der Waals surface area contributed by atoms with Crippen LogP contribution in [0, 0.1) is 0 Å². The van der Waals surface area contributed by atoms with Crippen LogP contribution >= 0.6 is 0 Å². The van der Waals surface area contributed by atoms with Crippen molar-refractivity contribution in [1.29, 1.82) is 0 Å². The molecule has 0 aliphatic carbocycles. The molecule has 0 spiro atoms. The Balaban J connectivity index is 1.99. The Morgan fingerprint density at radius 3 is 2.88 bits per heavy atom. The van der Waals surface area contributed by atoms with Gasteiger partial charge in [-0.25, -0.2) is 0 Å². The van der Waals surface area contributed by atoms with Gasteiger partial charge in [0.15, 0.2) is 12.8 Å². The van der Waals surface area contributed by atoms with Gasteiger partial charge in [-0.2, -0.15) is 4.99 Å². The summed E-state index contributed by atoms with van der Waals surface area (Å²) < 4.78 is 0. The summed E-state index contributed by atoms with van der Waals surface area (Å²) in [5.41, 5.74) is 1.43. The molecule has 0 radical (unpaired) electrons. The number of benzene rings is 2. The second kappa shape index (κ2) is 4.06. The van der Waals surface area contributed by atoms with Crippen LogP contribution in [0.1, 0.15) is 5.56 Å². The quantitative estimate of drug-likeness (QED) is 0.668. The predicted octanol–water partition coefficient (Wildman–Crippen LogP) is -0.563. The molecule has 80 valence electrons. The predicted molar refractivity (Wildman–Crippen MR) is 65.3 cm³/mol. The molecule has 2 nitrogen and oxygen atoms in total. The van der Waals surface area contributed by atoms with Crippen molar-refractivity contribution < 1.29 is 10.3 Å². The van der Waals surface area contributed by atoms with Gasteiger partial charge < -0.3 is 0 Å². The first-order valence-corrected chi connectivity index (χ1v) is 5.81. The number of hydrogen-bond acceptors (Lipinski definition) is 0. The van der Waals surface area contributed by atoms with Crippen LogP contribution < -0.4 is 10.3 Å². The highest BCUT2D eigenvalue weighted by atomic mass is 15.1. The monoisotopic (exact) mass is 212 g/mol. The maximum absolute atomic E-state index is 3.39. The van der Waals surface area contributed by atoms with Crippen LogP contribution in [0.5, 0.6) is 0 Å². The molecule has 0 unspecified atom stereocenters. The first-order valence-electron chi connectivity index (χ1n) is 5.81. The number of rotatable bonds is 2. The van der Waals surface area contributed by atoms with E-state index < -0.39 is 0 Å². The third-order valence-corrected chi connectivity index (χ3v) is 3.19. The van der Waals surface area contributed by atoms with Crippen LogP contribution in [0.4, 0.5) is 0 Å². The van der Waals surface area contributed by atoms with Gasteiger partial charge in [0.2, 0.25) is 0 Å². The largest absolute Gasteiger partial charge is 0.280 e. The van der Waals surface area contributed by atoms with Crippen molar-refractivity contribution in [3.63, 3.8) is 0 Å². The topological polar surface area (TPSA) is 30.6 Å². The molecule has 0 amide bonds. The fraction of sp³-hybridized carbons (Fsp3) is 0.214. The van der Waals surface area contributed by atoms with Crippen LogP contribution in [0.2, 0.25) is 0 Å². The number of hydrogen-bond donors (Lipinski definition) is 2. The van der Waals surface area contributed by atoms with E-state index in [2.05, 4.69) is 59.0 Å². The third kappa shape index (κ3) is 1.72. The van der Waals surface area contributed by atoms with Gasteiger partial charge in [-0.15, -0.1) is 0 Å². The minimum Gasteiger partial charge on any atom is -0.280 e. The van der Waals surface area contributed by atoms with Crippen molar-refractivity contribution in [2.45, 2.75) is 12.6 Å². The third-order valence-electron chi connectivity index (χ3n) is 3.19. The van der Waals surface area contributed by atoms with Crippen molar-refractivity contribution in [3.05, 3.63) is 48.0 Å². The van der Waals surface area contributed by atoms with Crippen molar-refractivity contribution in [1.82, 2.24) is 0 Å². The maximum atomic E-state index is 3.39. The van der Waals surface area contributed by atoms with E-state index in [0.717, 1.165) is 13.0 Å². The summed E-state index contributed by atoms with van der Waals surface area (Å²) in [4.78, 5) is 3.39. The molecule has 2 heteroatoms. The first kappa shape index (κ1) is 9.55. The Morgan fingerprint density at radius 2 is 2.00 bits per heavy atom. The lowest BCUT2D eigenvalue weighted by Gasteiger charge is -2.06. The Labute approximate surface area is 95.0 Å². The lowest BCUT2D eigenvalue weighted by atomic mass is 10.0. The molecule has 1 atom stereocenters. The molecule has 3 rings (SSSR count). The SMILES string of the molecule is C1=[NH+][C@@H](Cc2cccc3ccccc23)[NH2+]C1. The van der Waals surface area contributed by atoms with Gasteiger partial charge in [-0.1, -0.05) is 42.5 Å². The second-order valence-corrected chi connectivity index (χ2v) is 4.29. The molecule has 2 aromatic rings. The van der Waals surface area contributed by atoms with Gasteiger partial charge in [-0.3, -0.25) is 5.32 Å². The highest BCUT2D eigenvalue weighted by Crippen LogP contribution is 2.18. The van der Waals surface area contributed by atoms with Gasteiger partial charge in [0, 0.05) is 0 Å². The smallest absolute Gasteiger partial charge is 0.279 e. The van der Waals surface area contributed by atoms with Crippen LogP contribution in [0.15, 0.2) is 42.5 Å². The number of nitrogens with two attached hydrogens (primary N) is 1. The van der Waals surface area contributed by atoms with E-state index in [-0.39, 0.29) is 0 Å². The highest BCUT2D eigenvalue weighted by Gasteiger charge is 2.20. The van der Waals surface area contributed by atoms with Crippen LogP contribution in [0.25, 0.3) is 10.8 Å². The van der Waals surface area contributed by atoms with E-state index in [0.29, 0.717) is 6.17 Å².